The van der Waals surface area contributed by atoms with Crippen molar-refractivity contribution in [2.24, 2.45) is 5.73 Å². The van der Waals surface area contributed by atoms with Crippen molar-refractivity contribution in [3.8, 4) is 11.1 Å². The standard InChI is InChI=1S/C19H14Cl2N4O2/c20-12-4-1-10(2-5-12)19(27)25-16-8-6-13(17(22)24-16)14-9-11(18(23)26)3-7-15(14)21/h1-9H,(H2,23,26)(H3,22,24,25,27). The first-order valence-corrected chi connectivity index (χ1v) is 8.54. The van der Waals surface area contributed by atoms with Crippen LogP contribution in [-0.2, 0) is 0 Å². The van der Waals surface area contributed by atoms with Crippen molar-refractivity contribution in [3.63, 3.8) is 0 Å². The Morgan fingerprint density at radius 1 is 0.889 bits per heavy atom. The van der Waals surface area contributed by atoms with Gasteiger partial charge in [0.05, 0.1) is 0 Å². The summed E-state index contributed by atoms with van der Waals surface area (Å²) in [6.45, 7) is 0. The van der Waals surface area contributed by atoms with Gasteiger partial charge < -0.3 is 16.8 Å². The number of halogens is 2. The Labute approximate surface area is 165 Å². The van der Waals surface area contributed by atoms with Gasteiger partial charge in [-0.1, -0.05) is 23.2 Å². The van der Waals surface area contributed by atoms with Crippen LogP contribution in [0.1, 0.15) is 20.7 Å². The Kier molecular flexibility index (Phi) is 5.30. The van der Waals surface area contributed by atoms with Crippen LogP contribution in [0.25, 0.3) is 11.1 Å². The topological polar surface area (TPSA) is 111 Å². The van der Waals surface area contributed by atoms with E-state index in [-0.39, 0.29) is 17.5 Å². The van der Waals surface area contributed by atoms with Crippen LogP contribution >= 0.6 is 23.2 Å². The number of aromatic nitrogens is 1. The van der Waals surface area contributed by atoms with Gasteiger partial charge >= 0.3 is 0 Å². The molecule has 2 amide bonds. The number of benzene rings is 2. The van der Waals surface area contributed by atoms with E-state index in [9.17, 15) is 9.59 Å². The van der Waals surface area contributed by atoms with E-state index < -0.39 is 5.91 Å². The first-order chi connectivity index (χ1) is 12.8. The fourth-order valence-corrected chi connectivity index (χ4v) is 2.79. The SMILES string of the molecule is NC(=O)c1ccc(Cl)c(-c2ccc(NC(=O)c3ccc(Cl)cc3)nc2N)c1. The van der Waals surface area contributed by atoms with E-state index in [1.807, 2.05) is 0 Å². The Morgan fingerprint density at radius 2 is 1.56 bits per heavy atom. The van der Waals surface area contributed by atoms with Crippen molar-refractivity contribution in [2.45, 2.75) is 0 Å². The van der Waals surface area contributed by atoms with Crippen molar-refractivity contribution in [3.05, 3.63) is 75.8 Å². The van der Waals surface area contributed by atoms with Crippen LogP contribution in [0.4, 0.5) is 11.6 Å². The number of pyridine rings is 1. The molecule has 0 spiro atoms. The lowest BCUT2D eigenvalue weighted by Crippen LogP contribution is -2.13. The highest BCUT2D eigenvalue weighted by atomic mass is 35.5. The van der Waals surface area contributed by atoms with Gasteiger partial charge in [-0.2, -0.15) is 0 Å². The van der Waals surface area contributed by atoms with Crippen LogP contribution in [-0.4, -0.2) is 16.8 Å². The Balaban J connectivity index is 1.88. The highest BCUT2D eigenvalue weighted by Crippen LogP contribution is 2.32. The molecule has 2 aromatic carbocycles. The minimum atomic E-state index is -0.578. The molecule has 0 saturated heterocycles. The minimum Gasteiger partial charge on any atom is -0.383 e. The number of carbonyl (C=O) groups is 2. The van der Waals surface area contributed by atoms with E-state index in [0.29, 0.717) is 32.3 Å². The number of hydrogen-bond acceptors (Lipinski definition) is 4. The average molecular weight is 401 g/mol. The lowest BCUT2D eigenvalue weighted by atomic mass is 10.0. The molecule has 3 aromatic rings. The minimum absolute atomic E-state index is 0.146. The number of hydrogen-bond donors (Lipinski definition) is 3. The number of anilines is 2. The maximum atomic E-state index is 12.3. The Hall–Kier alpha value is -3.09. The summed E-state index contributed by atoms with van der Waals surface area (Å²) in [7, 11) is 0. The predicted molar refractivity (Wildman–Crippen MR) is 107 cm³/mol. The number of carbonyl (C=O) groups excluding carboxylic acids is 2. The molecular weight excluding hydrogens is 387 g/mol. The summed E-state index contributed by atoms with van der Waals surface area (Å²) in [5, 5.41) is 3.59. The predicted octanol–water partition coefficient (Wildman–Crippen LogP) is 3.99. The van der Waals surface area contributed by atoms with Gasteiger partial charge in [-0.15, -0.1) is 0 Å². The van der Waals surface area contributed by atoms with Crippen LogP contribution in [0.15, 0.2) is 54.6 Å². The third kappa shape index (κ3) is 4.19. The Morgan fingerprint density at radius 3 is 2.19 bits per heavy atom. The Bertz CT molecular complexity index is 1040. The molecule has 1 aromatic heterocycles. The smallest absolute Gasteiger partial charge is 0.256 e. The van der Waals surface area contributed by atoms with Crippen molar-refractivity contribution in [2.75, 3.05) is 11.1 Å². The van der Waals surface area contributed by atoms with Crippen molar-refractivity contribution in [1.29, 1.82) is 0 Å². The van der Waals surface area contributed by atoms with Crippen molar-refractivity contribution < 1.29 is 9.59 Å². The van der Waals surface area contributed by atoms with Crippen LogP contribution < -0.4 is 16.8 Å². The molecule has 0 aliphatic carbocycles. The third-order valence-corrected chi connectivity index (χ3v) is 4.40. The molecule has 0 unspecified atom stereocenters. The van der Waals surface area contributed by atoms with Crippen molar-refractivity contribution >= 4 is 46.7 Å². The molecule has 27 heavy (non-hydrogen) atoms. The first-order valence-electron chi connectivity index (χ1n) is 7.78. The summed E-state index contributed by atoms with van der Waals surface area (Å²) in [6, 6.07) is 14.3. The number of amides is 2. The fraction of sp³-hybridized carbons (Fsp3) is 0. The summed E-state index contributed by atoms with van der Waals surface area (Å²) in [5.74, 6) is -0.503. The zero-order chi connectivity index (χ0) is 19.6. The van der Waals surface area contributed by atoms with Gasteiger partial charge in [0.2, 0.25) is 5.91 Å². The highest BCUT2D eigenvalue weighted by molar-refractivity contribution is 6.33. The second-order valence-corrected chi connectivity index (χ2v) is 6.49. The normalized spacial score (nSPS) is 10.4. The van der Waals surface area contributed by atoms with Crippen LogP contribution in [0.5, 0.6) is 0 Å². The first kappa shape index (κ1) is 18.7. The zero-order valence-electron chi connectivity index (χ0n) is 13.9. The van der Waals surface area contributed by atoms with E-state index in [4.69, 9.17) is 34.7 Å². The van der Waals surface area contributed by atoms with Crippen LogP contribution in [0.2, 0.25) is 10.0 Å². The largest absolute Gasteiger partial charge is 0.383 e. The van der Waals surface area contributed by atoms with Gasteiger partial charge in [0.15, 0.2) is 0 Å². The third-order valence-electron chi connectivity index (χ3n) is 3.81. The van der Waals surface area contributed by atoms with Gasteiger partial charge in [-0.05, 0) is 54.6 Å². The average Bonchev–Trinajstić information content (AvgIpc) is 2.63. The van der Waals surface area contributed by atoms with Crippen molar-refractivity contribution in [1.82, 2.24) is 4.98 Å². The van der Waals surface area contributed by atoms with E-state index in [2.05, 4.69) is 10.3 Å². The summed E-state index contributed by atoms with van der Waals surface area (Å²) in [4.78, 5) is 27.8. The summed E-state index contributed by atoms with van der Waals surface area (Å²) in [5.41, 5.74) is 13.1. The van der Waals surface area contributed by atoms with Gasteiger partial charge in [0, 0.05) is 32.3 Å². The monoisotopic (exact) mass is 400 g/mol. The molecule has 0 aliphatic heterocycles. The summed E-state index contributed by atoms with van der Waals surface area (Å²) < 4.78 is 0. The van der Waals surface area contributed by atoms with Crippen LogP contribution in [0.3, 0.4) is 0 Å². The second kappa shape index (κ2) is 7.65. The molecule has 0 bridgehead atoms. The summed E-state index contributed by atoms with van der Waals surface area (Å²) in [6.07, 6.45) is 0. The molecule has 5 N–H and O–H groups in total. The molecule has 6 nitrogen and oxygen atoms in total. The number of primary amides is 1. The number of nitrogen functional groups attached to an aromatic ring is 1. The molecular formula is C19H14Cl2N4O2. The van der Waals surface area contributed by atoms with Crippen LogP contribution in [0, 0.1) is 0 Å². The molecule has 0 atom stereocenters. The lowest BCUT2D eigenvalue weighted by molar-refractivity contribution is 0.0997. The number of nitrogens with one attached hydrogen (secondary N) is 1. The van der Waals surface area contributed by atoms with Gasteiger partial charge in [-0.3, -0.25) is 9.59 Å². The maximum absolute atomic E-state index is 12.3. The molecule has 0 saturated carbocycles. The van der Waals surface area contributed by atoms with Gasteiger partial charge in [0.1, 0.15) is 11.6 Å². The molecule has 1 heterocycles. The number of nitrogens with zero attached hydrogens (tertiary/aromatic N) is 1. The molecule has 0 fully saturated rings. The quantitative estimate of drug-likeness (QED) is 0.614. The number of nitrogens with two attached hydrogens (primary N) is 2. The second-order valence-electron chi connectivity index (χ2n) is 5.65. The number of rotatable bonds is 4. The van der Waals surface area contributed by atoms with E-state index in [1.54, 1.807) is 48.5 Å². The van der Waals surface area contributed by atoms with E-state index in [0.717, 1.165) is 0 Å². The van der Waals surface area contributed by atoms with E-state index in [1.165, 1.54) is 6.07 Å². The van der Waals surface area contributed by atoms with Gasteiger partial charge in [0.25, 0.3) is 5.91 Å². The maximum Gasteiger partial charge on any atom is 0.256 e. The molecule has 136 valence electrons. The zero-order valence-corrected chi connectivity index (χ0v) is 15.4. The molecule has 0 aliphatic rings. The molecule has 3 rings (SSSR count). The highest BCUT2D eigenvalue weighted by Gasteiger charge is 2.13. The van der Waals surface area contributed by atoms with Gasteiger partial charge in [-0.25, -0.2) is 4.98 Å². The summed E-state index contributed by atoms with van der Waals surface area (Å²) >= 11 is 12.0. The molecule has 8 heteroatoms. The lowest BCUT2D eigenvalue weighted by Gasteiger charge is -2.11. The van der Waals surface area contributed by atoms with E-state index >= 15 is 0 Å². The fourth-order valence-electron chi connectivity index (χ4n) is 2.45. The molecule has 0 radical (unpaired) electrons.